The molecule has 3 rings (SSSR count). The van der Waals surface area contributed by atoms with E-state index in [1.54, 1.807) is 24.3 Å². The van der Waals surface area contributed by atoms with Gasteiger partial charge in [-0.25, -0.2) is 4.39 Å². The van der Waals surface area contributed by atoms with Crippen LogP contribution in [0.4, 0.5) is 4.39 Å². The molecular weight excluding hydrogens is 507 g/mol. The first-order chi connectivity index (χ1) is 18.7. The van der Waals surface area contributed by atoms with Gasteiger partial charge in [0, 0.05) is 19.4 Å². The molecule has 4 N–H and O–H groups in total. The molecule has 1 heterocycles. The Morgan fingerprint density at radius 1 is 1.05 bits per heavy atom. The summed E-state index contributed by atoms with van der Waals surface area (Å²) < 4.78 is 24.5. The van der Waals surface area contributed by atoms with Crippen molar-refractivity contribution < 1.29 is 33.0 Å². The molecule has 0 saturated carbocycles. The Morgan fingerprint density at radius 2 is 1.79 bits per heavy atom. The summed E-state index contributed by atoms with van der Waals surface area (Å²) in [5.41, 5.74) is 0.223. The quantitative estimate of drug-likeness (QED) is 0.412. The van der Waals surface area contributed by atoms with Gasteiger partial charge in [-0.05, 0) is 48.7 Å². The summed E-state index contributed by atoms with van der Waals surface area (Å²) in [6.45, 7) is 4.41. The lowest BCUT2D eigenvalue weighted by Gasteiger charge is -2.24. The van der Waals surface area contributed by atoms with E-state index in [-0.39, 0.29) is 80.7 Å². The number of nitrogens with one attached hydrogen (secondary N) is 4. The van der Waals surface area contributed by atoms with Gasteiger partial charge in [0.05, 0.1) is 18.2 Å². The lowest BCUT2D eigenvalue weighted by atomic mass is 10.0. The van der Waals surface area contributed by atoms with Gasteiger partial charge in [-0.15, -0.1) is 0 Å². The van der Waals surface area contributed by atoms with Crippen molar-refractivity contribution in [1.29, 1.82) is 0 Å². The van der Waals surface area contributed by atoms with E-state index in [0.29, 0.717) is 11.5 Å². The van der Waals surface area contributed by atoms with Gasteiger partial charge in [0.25, 0.3) is 5.91 Å². The molecule has 210 valence electrons. The van der Waals surface area contributed by atoms with Crippen LogP contribution in [-0.2, 0) is 14.4 Å². The predicted octanol–water partition coefficient (Wildman–Crippen LogP) is 1.94. The van der Waals surface area contributed by atoms with Crippen molar-refractivity contribution in [3.63, 3.8) is 0 Å². The molecule has 2 atom stereocenters. The number of hydrogen-bond donors (Lipinski definition) is 4. The molecule has 1 aliphatic rings. The smallest absolute Gasteiger partial charge is 0.255 e. The molecule has 2 aromatic carbocycles. The fourth-order valence-corrected chi connectivity index (χ4v) is 3.82. The molecule has 0 bridgehead atoms. The third-order valence-corrected chi connectivity index (χ3v) is 6.14. The minimum Gasteiger partial charge on any atom is -0.492 e. The normalized spacial score (nSPS) is 19.1. The van der Waals surface area contributed by atoms with E-state index in [1.807, 2.05) is 13.8 Å². The molecule has 0 radical (unpaired) electrons. The lowest BCUT2D eigenvalue weighted by Crippen LogP contribution is -2.48. The van der Waals surface area contributed by atoms with Gasteiger partial charge < -0.3 is 30.7 Å². The SMILES string of the molecule is CC(C)[C@@H]1COc2ccccc2C(=O)N[C@H](C(=O)NCCOc2ccc(F)cc2)CCC(=O)NCCC(=O)N1. The van der Waals surface area contributed by atoms with Gasteiger partial charge in [0.15, 0.2) is 0 Å². The zero-order valence-electron chi connectivity index (χ0n) is 22.1. The Balaban J connectivity index is 1.70. The summed E-state index contributed by atoms with van der Waals surface area (Å²) in [6, 6.07) is 10.8. The number of para-hydroxylation sites is 1. The molecule has 0 aromatic heterocycles. The number of halogens is 1. The fourth-order valence-electron chi connectivity index (χ4n) is 3.82. The average molecular weight is 543 g/mol. The predicted molar refractivity (Wildman–Crippen MR) is 142 cm³/mol. The number of fused-ring (bicyclic) bond motifs is 1. The van der Waals surface area contributed by atoms with Crippen LogP contribution >= 0.6 is 0 Å². The highest BCUT2D eigenvalue weighted by atomic mass is 19.1. The average Bonchev–Trinajstić information content (AvgIpc) is 2.91. The molecule has 39 heavy (non-hydrogen) atoms. The second-order valence-corrected chi connectivity index (χ2v) is 9.48. The molecule has 10 nitrogen and oxygen atoms in total. The molecule has 0 fully saturated rings. The van der Waals surface area contributed by atoms with Crippen LogP contribution in [0, 0.1) is 11.7 Å². The van der Waals surface area contributed by atoms with Crippen LogP contribution in [0.15, 0.2) is 48.5 Å². The fraction of sp³-hybridized carbons (Fsp3) is 0.429. The van der Waals surface area contributed by atoms with Crippen molar-refractivity contribution in [2.24, 2.45) is 5.92 Å². The van der Waals surface area contributed by atoms with Gasteiger partial charge in [0.1, 0.15) is 36.6 Å². The van der Waals surface area contributed by atoms with E-state index in [4.69, 9.17) is 9.47 Å². The minimum absolute atomic E-state index is 0.0346. The minimum atomic E-state index is -1.01. The van der Waals surface area contributed by atoms with Crippen molar-refractivity contribution in [2.45, 2.75) is 45.2 Å². The van der Waals surface area contributed by atoms with Crippen LogP contribution in [0.5, 0.6) is 11.5 Å². The second kappa shape index (κ2) is 14.7. The van der Waals surface area contributed by atoms with E-state index in [1.165, 1.54) is 24.3 Å². The number of ether oxygens (including phenoxy) is 2. The second-order valence-electron chi connectivity index (χ2n) is 9.48. The third kappa shape index (κ3) is 9.59. The molecule has 2 aromatic rings. The van der Waals surface area contributed by atoms with Gasteiger partial charge >= 0.3 is 0 Å². The highest BCUT2D eigenvalue weighted by Crippen LogP contribution is 2.19. The summed E-state index contributed by atoms with van der Waals surface area (Å²) in [5.74, 6) is -1.16. The molecule has 0 saturated heterocycles. The maximum atomic E-state index is 13.2. The van der Waals surface area contributed by atoms with E-state index >= 15 is 0 Å². The Kier molecular flexibility index (Phi) is 11.1. The number of carbonyl (C=O) groups is 4. The van der Waals surface area contributed by atoms with Crippen LogP contribution in [0.3, 0.4) is 0 Å². The molecule has 0 spiro atoms. The first-order valence-corrected chi connectivity index (χ1v) is 13.0. The monoisotopic (exact) mass is 542 g/mol. The van der Waals surface area contributed by atoms with Crippen molar-refractivity contribution in [3.05, 3.63) is 59.9 Å². The Morgan fingerprint density at radius 3 is 2.54 bits per heavy atom. The number of carbonyl (C=O) groups excluding carboxylic acids is 4. The summed E-state index contributed by atoms with van der Waals surface area (Å²) in [6.07, 6.45) is 0.0892. The molecule has 4 amide bonds. The molecule has 0 unspecified atom stereocenters. The van der Waals surface area contributed by atoms with Gasteiger partial charge in [-0.3, -0.25) is 19.2 Å². The molecular formula is C28H35FN4O6. The number of hydrogen-bond acceptors (Lipinski definition) is 6. The number of amides is 4. The maximum absolute atomic E-state index is 13.2. The van der Waals surface area contributed by atoms with Crippen molar-refractivity contribution in [2.75, 3.05) is 26.3 Å². The molecule has 1 aliphatic heterocycles. The first kappa shape index (κ1) is 29.4. The van der Waals surface area contributed by atoms with Crippen molar-refractivity contribution in [1.82, 2.24) is 21.3 Å². The summed E-state index contributed by atoms with van der Waals surface area (Å²) in [7, 11) is 0. The van der Waals surface area contributed by atoms with Crippen LogP contribution in [-0.4, -0.2) is 62.0 Å². The maximum Gasteiger partial charge on any atom is 0.255 e. The Bertz CT molecular complexity index is 1140. The van der Waals surface area contributed by atoms with E-state index in [0.717, 1.165) is 0 Å². The zero-order chi connectivity index (χ0) is 28.2. The highest BCUT2D eigenvalue weighted by molar-refractivity contribution is 5.99. The van der Waals surface area contributed by atoms with Crippen molar-refractivity contribution in [3.8, 4) is 11.5 Å². The number of rotatable bonds is 6. The van der Waals surface area contributed by atoms with Gasteiger partial charge in [-0.1, -0.05) is 26.0 Å². The van der Waals surface area contributed by atoms with Gasteiger partial charge in [0.2, 0.25) is 17.7 Å². The third-order valence-electron chi connectivity index (χ3n) is 6.14. The number of benzene rings is 2. The first-order valence-electron chi connectivity index (χ1n) is 13.0. The summed E-state index contributed by atoms with van der Waals surface area (Å²) in [5, 5.41) is 11.0. The van der Waals surface area contributed by atoms with Crippen LogP contribution in [0.25, 0.3) is 0 Å². The molecule has 11 heteroatoms. The standard InChI is InChI=1S/C28H35FN4O6/c1-18(2)23-17-39-24-6-4-3-5-21(24)27(36)33-22(11-12-25(34)30-14-13-26(35)32-23)28(37)31-15-16-38-20-9-7-19(29)8-10-20/h3-10,18,22-23H,11-17H2,1-2H3,(H,30,34)(H,31,37)(H,32,35)(H,33,36)/t22-,23-/m0/s1. The van der Waals surface area contributed by atoms with Gasteiger partial charge in [-0.2, -0.15) is 0 Å². The van der Waals surface area contributed by atoms with Crippen LogP contribution < -0.4 is 30.7 Å². The highest BCUT2D eigenvalue weighted by Gasteiger charge is 2.25. The molecule has 0 aliphatic carbocycles. The van der Waals surface area contributed by atoms with E-state index in [9.17, 15) is 23.6 Å². The lowest BCUT2D eigenvalue weighted by molar-refractivity contribution is -0.124. The largest absolute Gasteiger partial charge is 0.492 e. The van der Waals surface area contributed by atoms with E-state index in [2.05, 4.69) is 21.3 Å². The zero-order valence-corrected chi connectivity index (χ0v) is 22.1. The topological polar surface area (TPSA) is 135 Å². The van der Waals surface area contributed by atoms with Crippen molar-refractivity contribution >= 4 is 23.6 Å². The summed E-state index contributed by atoms with van der Waals surface area (Å²) >= 11 is 0. The Hall–Kier alpha value is -4.15. The van der Waals surface area contributed by atoms with Crippen LogP contribution in [0.1, 0.15) is 43.5 Å². The van der Waals surface area contributed by atoms with Crippen LogP contribution in [0.2, 0.25) is 0 Å². The summed E-state index contributed by atoms with van der Waals surface area (Å²) in [4.78, 5) is 51.0. The Labute approximate surface area is 227 Å². The van der Waals surface area contributed by atoms with E-state index < -0.39 is 17.9 Å².